The van der Waals surface area contributed by atoms with E-state index in [1.807, 2.05) is 17.9 Å². The Morgan fingerprint density at radius 2 is 2.45 bits per heavy atom. The van der Waals surface area contributed by atoms with Gasteiger partial charge in [-0.2, -0.15) is 0 Å². The molecule has 108 valence electrons. The Hall–Kier alpha value is -1.43. The fourth-order valence-corrected chi connectivity index (χ4v) is 2.60. The average Bonchev–Trinajstić information content (AvgIpc) is 2.40. The van der Waals surface area contributed by atoms with Gasteiger partial charge in [-0.05, 0) is 24.1 Å². The number of aliphatic hydroxyl groups is 1. The Morgan fingerprint density at radius 3 is 3.05 bits per heavy atom. The molecule has 2 heterocycles. The van der Waals surface area contributed by atoms with Crippen LogP contribution in [0, 0.1) is 6.92 Å². The van der Waals surface area contributed by atoms with Crippen molar-refractivity contribution < 1.29 is 14.6 Å². The Bertz CT molecular complexity index is 562. The molecule has 0 bridgehead atoms. The van der Waals surface area contributed by atoms with Gasteiger partial charge in [0.1, 0.15) is 5.15 Å². The van der Waals surface area contributed by atoms with E-state index < -0.39 is 11.6 Å². The van der Waals surface area contributed by atoms with Gasteiger partial charge < -0.3 is 9.84 Å². The fraction of sp³-hybridized carbons (Fsp3) is 0.429. The SMILES string of the molecule is C=CCN1Cc2cc(C)c(Cl)nc2C(O)(C(=O)OC)C1. The maximum absolute atomic E-state index is 12.0. The molecule has 1 atom stereocenters. The van der Waals surface area contributed by atoms with E-state index in [0.717, 1.165) is 11.1 Å². The van der Waals surface area contributed by atoms with Crippen molar-refractivity contribution in [3.05, 3.63) is 40.7 Å². The van der Waals surface area contributed by atoms with E-state index in [0.29, 0.717) is 13.1 Å². The van der Waals surface area contributed by atoms with Gasteiger partial charge in [0.2, 0.25) is 5.60 Å². The second kappa shape index (κ2) is 5.52. The van der Waals surface area contributed by atoms with Crippen molar-refractivity contribution in [1.29, 1.82) is 0 Å². The number of carbonyl (C=O) groups is 1. The molecule has 0 radical (unpaired) electrons. The highest BCUT2D eigenvalue weighted by atomic mass is 35.5. The first kappa shape index (κ1) is 15.0. The lowest BCUT2D eigenvalue weighted by Crippen LogP contribution is -2.51. The monoisotopic (exact) mass is 296 g/mol. The lowest BCUT2D eigenvalue weighted by atomic mass is 9.89. The number of carbonyl (C=O) groups excluding carboxylic acids is 1. The minimum atomic E-state index is -1.80. The molecule has 20 heavy (non-hydrogen) atoms. The Kier molecular flexibility index (Phi) is 4.13. The number of hydrogen-bond donors (Lipinski definition) is 1. The molecule has 1 aromatic heterocycles. The van der Waals surface area contributed by atoms with Gasteiger partial charge in [-0.15, -0.1) is 6.58 Å². The Morgan fingerprint density at radius 1 is 1.75 bits per heavy atom. The molecule has 2 rings (SSSR count). The molecular weight excluding hydrogens is 280 g/mol. The molecule has 0 spiro atoms. The van der Waals surface area contributed by atoms with Crippen LogP contribution in [0.1, 0.15) is 16.8 Å². The number of esters is 1. The van der Waals surface area contributed by atoms with Crippen molar-refractivity contribution in [1.82, 2.24) is 9.88 Å². The van der Waals surface area contributed by atoms with E-state index in [2.05, 4.69) is 11.6 Å². The van der Waals surface area contributed by atoms with Gasteiger partial charge in [0.05, 0.1) is 12.8 Å². The summed E-state index contributed by atoms with van der Waals surface area (Å²) >= 11 is 6.01. The van der Waals surface area contributed by atoms with Gasteiger partial charge >= 0.3 is 5.97 Å². The maximum atomic E-state index is 12.0. The summed E-state index contributed by atoms with van der Waals surface area (Å²) in [5, 5.41) is 11.0. The van der Waals surface area contributed by atoms with Crippen molar-refractivity contribution in [2.24, 2.45) is 0 Å². The van der Waals surface area contributed by atoms with E-state index >= 15 is 0 Å². The van der Waals surface area contributed by atoms with Crippen molar-refractivity contribution in [2.45, 2.75) is 19.1 Å². The molecule has 0 amide bonds. The van der Waals surface area contributed by atoms with Gasteiger partial charge in [-0.25, -0.2) is 9.78 Å². The summed E-state index contributed by atoms with van der Waals surface area (Å²) in [6.45, 7) is 6.74. The molecule has 1 unspecified atom stereocenters. The maximum Gasteiger partial charge on any atom is 0.345 e. The summed E-state index contributed by atoms with van der Waals surface area (Å²) in [5.41, 5.74) is 0.0501. The number of pyridine rings is 1. The molecule has 0 saturated heterocycles. The molecular formula is C14H17ClN2O3. The third-order valence-corrected chi connectivity index (χ3v) is 3.76. The number of aryl methyl sites for hydroxylation is 1. The molecule has 1 aromatic rings. The first-order valence-corrected chi connectivity index (χ1v) is 6.60. The summed E-state index contributed by atoms with van der Waals surface area (Å²) in [4.78, 5) is 18.1. The van der Waals surface area contributed by atoms with Crippen LogP contribution in [0.25, 0.3) is 0 Å². The number of hydrogen-bond acceptors (Lipinski definition) is 5. The Balaban J connectivity index is 2.56. The zero-order chi connectivity index (χ0) is 14.9. The zero-order valence-corrected chi connectivity index (χ0v) is 12.3. The molecule has 0 aliphatic carbocycles. The quantitative estimate of drug-likeness (QED) is 0.519. The van der Waals surface area contributed by atoms with Crippen LogP contribution in [0.15, 0.2) is 18.7 Å². The van der Waals surface area contributed by atoms with E-state index in [-0.39, 0.29) is 17.4 Å². The van der Waals surface area contributed by atoms with Crippen LogP contribution in [0.5, 0.6) is 0 Å². The molecule has 1 aliphatic rings. The van der Waals surface area contributed by atoms with Gasteiger partial charge in [-0.3, -0.25) is 4.90 Å². The highest BCUT2D eigenvalue weighted by Gasteiger charge is 2.47. The van der Waals surface area contributed by atoms with Crippen LogP contribution in [0.4, 0.5) is 0 Å². The van der Waals surface area contributed by atoms with Crippen LogP contribution in [0.2, 0.25) is 5.15 Å². The largest absolute Gasteiger partial charge is 0.467 e. The number of nitrogens with zero attached hydrogens (tertiary/aromatic N) is 2. The average molecular weight is 297 g/mol. The number of fused-ring (bicyclic) bond motifs is 1. The van der Waals surface area contributed by atoms with E-state index in [1.165, 1.54) is 7.11 Å². The number of methoxy groups -OCH3 is 1. The second-order valence-electron chi connectivity index (χ2n) is 4.91. The second-order valence-corrected chi connectivity index (χ2v) is 5.27. The smallest absolute Gasteiger partial charge is 0.345 e. The number of halogens is 1. The molecule has 6 heteroatoms. The predicted octanol–water partition coefficient (Wildman–Crippen LogP) is 1.41. The lowest BCUT2D eigenvalue weighted by Gasteiger charge is -2.37. The number of aromatic nitrogens is 1. The van der Waals surface area contributed by atoms with Crippen LogP contribution in [0.3, 0.4) is 0 Å². The topological polar surface area (TPSA) is 62.7 Å². The predicted molar refractivity (Wildman–Crippen MR) is 75.4 cm³/mol. The van der Waals surface area contributed by atoms with Gasteiger partial charge in [0, 0.05) is 19.6 Å². The summed E-state index contributed by atoms with van der Waals surface area (Å²) in [6.07, 6.45) is 1.72. The molecule has 0 saturated carbocycles. The van der Waals surface area contributed by atoms with Crippen molar-refractivity contribution in [3.8, 4) is 0 Å². The van der Waals surface area contributed by atoms with Gasteiger partial charge in [0.25, 0.3) is 0 Å². The van der Waals surface area contributed by atoms with Gasteiger partial charge in [-0.1, -0.05) is 17.7 Å². The third kappa shape index (κ3) is 2.44. The zero-order valence-electron chi connectivity index (χ0n) is 11.5. The van der Waals surface area contributed by atoms with Crippen LogP contribution >= 0.6 is 11.6 Å². The molecule has 1 aliphatic heterocycles. The lowest BCUT2D eigenvalue weighted by molar-refractivity contribution is -0.167. The number of rotatable bonds is 3. The van der Waals surface area contributed by atoms with Crippen molar-refractivity contribution >= 4 is 17.6 Å². The highest BCUT2D eigenvalue weighted by Crippen LogP contribution is 2.33. The minimum Gasteiger partial charge on any atom is -0.467 e. The van der Waals surface area contributed by atoms with E-state index in [9.17, 15) is 9.90 Å². The minimum absolute atomic E-state index is 0.102. The molecule has 5 nitrogen and oxygen atoms in total. The molecule has 0 fully saturated rings. The Labute approximate surface area is 122 Å². The standard InChI is InChI=1S/C14H17ClN2O3/c1-4-5-17-7-10-6-9(2)12(15)16-11(10)14(19,8-17)13(18)20-3/h4,6,19H,1,5,7-8H2,2-3H3. The summed E-state index contributed by atoms with van der Waals surface area (Å²) in [6, 6.07) is 1.84. The van der Waals surface area contributed by atoms with Crippen LogP contribution in [-0.2, 0) is 21.7 Å². The van der Waals surface area contributed by atoms with Gasteiger partial charge in [0.15, 0.2) is 0 Å². The van der Waals surface area contributed by atoms with Crippen LogP contribution in [-0.4, -0.2) is 41.2 Å². The first-order chi connectivity index (χ1) is 9.42. The summed E-state index contributed by atoms with van der Waals surface area (Å²) in [7, 11) is 1.24. The van der Waals surface area contributed by atoms with E-state index in [4.69, 9.17) is 16.3 Å². The van der Waals surface area contributed by atoms with E-state index in [1.54, 1.807) is 6.08 Å². The van der Waals surface area contributed by atoms with Crippen LogP contribution < -0.4 is 0 Å². The number of ether oxygens (including phenoxy) is 1. The van der Waals surface area contributed by atoms with Crippen molar-refractivity contribution in [2.75, 3.05) is 20.2 Å². The summed E-state index contributed by atoms with van der Waals surface area (Å²) < 4.78 is 4.72. The molecule has 1 N–H and O–H groups in total. The highest BCUT2D eigenvalue weighted by molar-refractivity contribution is 6.30. The summed E-state index contributed by atoms with van der Waals surface area (Å²) in [5.74, 6) is -0.736. The first-order valence-electron chi connectivity index (χ1n) is 6.23. The van der Waals surface area contributed by atoms with Crippen molar-refractivity contribution in [3.63, 3.8) is 0 Å². The fourth-order valence-electron chi connectivity index (χ4n) is 2.46. The normalized spacial score (nSPS) is 22.2. The molecule has 0 aromatic carbocycles. The third-order valence-electron chi connectivity index (χ3n) is 3.38. The number of β-amino-alcohol motifs (C(OH)–C–C–N with tert-alkyl or cyclic N) is 1.